The molecule has 1 amide bonds. The Kier molecular flexibility index (Phi) is 4.79. The number of nitrogens with one attached hydrogen (secondary N) is 2. The van der Waals surface area contributed by atoms with E-state index in [1.807, 2.05) is 0 Å². The molecule has 0 bridgehead atoms. The van der Waals surface area contributed by atoms with E-state index in [0.717, 1.165) is 38.2 Å². The van der Waals surface area contributed by atoms with Crippen molar-refractivity contribution in [3.05, 3.63) is 29.3 Å². The summed E-state index contributed by atoms with van der Waals surface area (Å²) in [6, 6.07) is 3.11. The van der Waals surface area contributed by atoms with Gasteiger partial charge in [-0.1, -0.05) is 0 Å². The molecule has 26 heavy (non-hydrogen) atoms. The first-order valence-corrected chi connectivity index (χ1v) is 8.88. The number of carbonyl (C=O) groups excluding carboxylic acids is 1. The van der Waals surface area contributed by atoms with Gasteiger partial charge in [0.15, 0.2) is 5.82 Å². The van der Waals surface area contributed by atoms with Gasteiger partial charge in [0.1, 0.15) is 5.82 Å². The highest BCUT2D eigenvalue weighted by Crippen LogP contribution is 2.28. The van der Waals surface area contributed by atoms with Crippen LogP contribution in [0.3, 0.4) is 0 Å². The predicted molar refractivity (Wildman–Crippen MR) is 92.0 cm³/mol. The Balaban J connectivity index is 1.43. The van der Waals surface area contributed by atoms with Crippen molar-refractivity contribution in [3.8, 4) is 0 Å². The molecule has 0 radical (unpaired) electrons. The molecule has 0 saturated carbocycles. The molecule has 138 valence electrons. The third-order valence-electron chi connectivity index (χ3n) is 4.90. The molecule has 9 heteroatoms. The van der Waals surface area contributed by atoms with Crippen molar-refractivity contribution in [3.63, 3.8) is 0 Å². The number of fused-ring (bicyclic) bond motifs is 1. The second-order valence-corrected chi connectivity index (χ2v) is 6.72. The van der Waals surface area contributed by atoms with E-state index in [9.17, 15) is 9.18 Å². The fraction of sp³-hybridized carbons (Fsp3) is 0.529. The van der Waals surface area contributed by atoms with Gasteiger partial charge in [0, 0.05) is 31.9 Å². The molecule has 2 aromatic rings. The number of benzene rings is 1. The number of hydrogen-bond acceptors (Lipinski definition) is 6. The van der Waals surface area contributed by atoms with Crippen molar-refractivity contribution in [2.45, 2.75) is 38.8 Å². The number of ether oxygens (including phenoxy) is 1. The van der Waals surface area contributed by atoms with Crippen LogP contribution < -0.4 is 10.6 Å². The van der Waals surface area contributed by atoms with Crippen LogP contribution >= 0.6 is 0 Å². The molecule has 8 nitrogen and oxygen atoms in total. The Morgan fingerprint density at radius 2 is 2.15 bits per heavy atom. The smallest absolute Gasteiger partial charge is 0.224 e. The van der Waals surface area contributed by atoms with Crippen LogP contribution in [0.4, 0.5) is 15.8 Å². The molecular formula is C17H21FN6O2. The first kappa shape index (κ1) is 16.9. The predicted octanol–water partition coefficient (Wildman–Crippen LogP) is 1.74. The molecular weight excluding hydrogens is 339 g/mol. The minimum atomic E-state index is -0.408. The van der Waals surface area contributed by atoms with Gasteiger partial charge in [-0.3, -0.25) is 4.79 Å². The normalized spacial score (nSPS) is 17.7. The average Bonchev–Trinajstić information content (AvgIpc) is 3.08. The van der Waals surface area contributed by atoms with Crippen molar-refractivity contribution in [2.75, 3.05) is 23.8 Å². The molecule has 3 heterocycles. The first-order chi connectivity index (χ1) is 12.7. The number of amides is 1. The lowest BCUT2D eigenvalue weighted by atomic mass is 10.0. The highest BCUT2D eigenvalue weighted by atomic mass is 19.1. The van der Waals surface area contributed by atoms with Crippen LogP contribution in [-0.2, 0) is 29.0 Å². The van der Waals surface area contributed by atoms with Gasteiger partial charge in [0.25, 0.3) is 0 Å². The SMILES string of the molecule is O=C1CCc2cc(NCc3nnnn3CC3CCOCC3)c(F)cc2N1. The van der Waals surface area contributed by atoms with Crippen LogP contribution in [-0.4, -0.2) is 39.3 Å². The number of aryl methyl sites for hydroxylation is 1. The monoisotopic (exact) mass is 360 g/mol. The van der Waals surface area contributed by atoms with Crippen molar-refractivity contribution in [2.24, 2.45) is 5.92 Å². The molecule has 0 unspecified atom stereocenters. The zero-order chi connectivity index (χ0) is 17.9. The molecule has 1 fully saturated rings. The number of anilines is 2. The number of nitrogens with zero attached hydrogens (tertiary/aromatic N) is 4. The minimum absolute atomic E-state index is 0.0788. The average molecular weight is 360 g/mol. The third-order valence-corrected chi connectivity index (χ3v) is 4.90. The largest absolute Gasteiger partial charge is 0.381 e. The maximum absolute atomic E-state index is 14.3. The molecule has 2 aliphatic rings. The van der Waals surface area contributed by atoms with Crippen molar-refractivity contribution >= 4 is 17.3 Å². The van der Waals surface area contributed by atoms with Gasteiger partial charge < -0.3 is 15.4 Å². The van der Waals surface area contributed by atoms with Crippen LogP contribution in [0.15, 0.2) is 12.1 Å². The molecule has 1 aromatic heterocycles. The van der Waals surface area contributed by atoms with E-state index in [1.54, 1.807) is 10.7 Å². The number of carbonyl (C=O) groups is 1. The summed E-state index contributed by atoms with van der Waals surface area (Å²) in [4.78, 5) is 11.4. The number of hydrogen-bond donors (Lipinski definition) is 2. The van der Waals surface area contributed by atoms with E-state index < -0.39 is 5.82 Å². The highest BCUT2D eigenvalue weighted by Gasteiger charge is 2.19. The Bertz CT molecular complexity index is 803. The second-order valence-electron chi connectivity index (χ2n) is 6.72. The van der Waals surface area contributed by atoms with Crippen molar-refractivity contribution < 1.29 is 13.9 Å². The summed E-state index contributed by atoms with van der Waals surface area (Å²) in [5.41, 5.74) is 1.87. The zero-order valence-corrected chi connectivity index (χ0v) is 14.4. The van der Waals surface area contributed by atoms with Gasteiger partial charge in [-0.15, -0.1) is 5.10 Å². The summed E-state index contributed by atoms with van der Waals surface area (Å²) in [5.74, 6) is 0.677. The van der Waals surface area contributed by atoms with Crippen LogP contribution in [0, 0.1) is 11.7 Å². The molecule has 2 N–H and O–H groups in total. The summed E-state index contributed by atoms with van der Waals surface area (Å²) in [6.07, 6.45) is 3.02. The van der Waals surface area contributed by atoms with Gasteiger partial charge in [-0.2, -0.15) is 0 Å². The van der Waals surface area contributed by atoms with Gasteiger partial charge >= 0.3 is 0 Å². The summed E-state index contributed by atoms with van der Waals surface area (Å²) >= 11 is 0. The summed E-state index contributed by atoms with van der Waals surface area (Å²) in [6.45, 7) is 2.62. The quantitative estimate of drug-likeness (QED) is 0.843. The molecule has 1 saturated heterocycles. The zero-order valence-electron chi connectivity index (χ0n) is 14.4. The lowest BCUT2D eigenvalue weighted by molar-refractivity contribution is -0.116. The molecule has 4 rings (SSSR count). The second kappa shape index (κ2) is 7.36. The van der Waals surface area contributed by atoms with Crippen LogP contribution in [0.25, 0.3) is 0 Å². The lowest BCUT2D eigenvalue weighted by Gasteiger charge is -2.22. The fourth-order valence-electron chi connectivity index (χ4n) is 3.38. The number of halogens is 1. The minimum Gasteiger partial charge on any atom is -0.381 e. The molecule has 0 aliphatic carbocycles. The van der Waals surface area contributed by atoms with Gasteiger partial charge in [0.05, 0.1) is 12.2 Å². The van der Waals surface area contributed by atoms with E-state index in [-0.39, 0.29) is 5.91 Å². The van der Waals surface area contributed by atoms with Crippen molar-refractivity contribution in [1.29, 1.82) is 0 Å². The Morgan fingerprint density at radius 1 is 1.31 bits per heavy atom. The van der Waals surface area contributed by atoms with Gasteiger partial charge in [-0.25, -0.2) is 9.07 Å². The number of aromatic nitrogens is 4. The highest BCUT2D eigenvalue weighted by molar-refractivity contribution is 5.94. The van der Waals surface area contributed by atoms with E-state index in [1.165, 1.54) is 6.07 Å². The van der Waals surface area contributed by atoms with E-state index >= 15 is 0 Å². The summed E-state index contributed by atoms with van der Waals surface area (Å²) in [7, 11) is 0. The van der Waals surface area contributed by atoms with Crippen molar-refractivity contribution in [1.82, 2.24) is 20.2 Å². The van der Waals surface area contributed by atoms with Crippen LogP contribution in [0.1, 0.15) is 30.7 Å². The Morgan fingerprint density at radius 3 is 3.00 bits per heavy atom. The standard InChI is InChI=1S/C17H21FN6O2/c18-13-8-14-12(1-2-17(25)20-14)7-15(13)19-9-16-21-22-23-24(16)10-11-3-5-26-6-4-11/h7-8,11,19H,1-6,9-10H2,(H,20,25). The topological polar surface area (TPSA) is 94.0 Å². The van der Waals surface area contributed by atoms with Crippen LogP contribution in [0.2, 0.25) is 0 Å². The molecule has 1 aromatic carbocycles. The lowest BCUT2D eigenvalue weighted by Crippen LogP contribution is -2.23. The molecule has 0 atom stereocenters. The number of rotatable bonds is 5. The van der Waals surface area contributed by atoms with E-state index in [4.69, 9.17) is 4.74 Å². The summed E-state index contributed by atoms with van der Waals surface area (Å²) < 4.78 is 21.5. The van der Waals surface area contributed by atoms with Crippen LogP contribution in [0.5, 0.6) is 0 Å². The van der Waals surface area contributed by atoms with Gasteiger partial charge in [0.2, 0.25) is 5.91 Å². The maximum atomic E-state index is 14.3. The Hall–Kier alpha value is -2.55. The fourth-order valence-corrected chi connectivity index (χ4v) is 3.38. The van der Waals surface area contributed by atoms with E-state index in [0.29, 0.717) is 42.5 Å². The van der Waals surface area contributed by atoms with Gasteiger partial charge in [-0.05, 0) is 53.3 Å². The molecule has 0 spiro atoms. The number of tetrazole rings is 1. The van der Waals surface area contributed by atoms with E-state index in [2.05, 4.69) is 26.2 Å². The Labute approximate surface area is 150 Å². The molecule has 2 aliphatic heterocycles. The summed E-state index contributed by atoms with van der Waals surface area (Å²) in [5, 5.41) is 17.6. The first-order valence-electron chi connectivity index (χ1n) is 8.88. The maximum Gasteiger partial charge on any atom is 0.224 e. The third kappa shape index (κ3) is 3.67.